The van der Waals surface area contributed by atoms with Crippen LogP contribution in [0.4, 0.5) is 0 Å². The van der Waals surface area contributed by atoms with E-state index in [-0.39, 0.29) is 6.42 Å². The van der Waals surface area contributed by atoms with Gasteiger partial charge in [0.05, 0.1) is 6.42 Å². The molecule has 4 nitrogen and oxygen atoms in total. The summed E-state index contributed by atoms with van der Waals surface area (Å²) in [5.41, 5.74) is 0. The SMILES string of the molecule is CN(CCCNCCC(=O)O)C1CCCCC1. The van der Waals surface area contributed by atoms with Crippen molar-refractivity contribution < 1.29 is 9.90 Å². The standard InChI is InChI=1S/C13H26N2O2/c1-15(12-6-3-2-4-7-12)11-5-9-14-10-8-13(16)17/h12,14H,2-11H2,1H3,(H,16,17). The Balaban J connectivity index is 1.96. The van der Waals surface area contributed by atoms with Crippen molar-refractivity contribution in [1.82, 2.24) is 10.2 Å². The normalized spacial score (nSPS) is 17.5. The van der Waals surface area contributed by atoms with E-state index >= 15 is 0 Å². The van der Waals surface area contributed by atoms with Crippen LogP contribution in [0.3, 0.4) is 0 Å². The van der Waals surface area contributed by atoms with Crippen LogP contribution >= 0.6 is 0 Å². The van der Waals surface area contributed by atoms with Gasteiger partial charge in [-0.05, 0) is 39.4 Å². The van der Waals surface area contributed by atoms with Crippen LogP contribution in [-0.2, 0) is 4.79 Å². The molecule has 4 heteroatoms. The molecule has 1 aliphatic rings. The molecule has 0 aromatic heterocycles. The van der Waals surface area contributed by atoms with Crippen molar-refractivity contribution >= 4 is 5.97 Å². The second-order valence-electron chi connectivity index (χ2n) is 5.02. The summed E-state index contributed by atoms with van der Waals surface area (Å²) >= 11 is 0. The van der Waals surface area contributed by atoms with Gasteiger partial charge in [-0.25, -0.2) is 0 Å². The van der Waals surface area contributed by atoms with Gasteiger partial charge in [-0.3, -0.25) is 4.79 Å². The Morgan fingerprint density at radius 2 is 2.00 bits per heavy atom. The van der Waals surface area contributed by atoms with Gasteiger partial charge >= 0.3 is 5.97 Å². The van der Waals surface area contributed by atoms with E-state index in [1.807, 2.05) is 0 Å². The molecule has 0 aromatic rings. The summed E-state index contributed by atoms with van der Waals surface area (Å²) < 4.78 is 0. The lowest BCUT2D eigenvalue weighted by atomic mass is 9.94. The maximum Gasteiger partial charge on any atom is 0.304 e. The molecule has 0 bridgehead atoms. The topological polar surface area (TPSA) is 52.6 Å². The van der Waals surface area contributed by atoms with E-state index in [1.165, 1.54) is 32.1 Å². The maximum absolute atomic E-state index is 10.3. The van der Waals surface area contributed by atoms with Gasteiger partial charge in [-0.15, -0.1) is 0 Å². The average molecular weight is 242 g/mol. The van der Waals surface area contributed by atoms with Crippen molar-refractivity contribution in [3.63, 3.8) is 0 Å². The van der Waals surface area contributed by atoms with Crippen LogP contribution in [-0.4, -0.2) is 48.7 Å². The number of nitrogens with zero attached hydrogens (tertiary/aromatic N) is 1. The predicted octanol–water partition coefficient (Wildman–Crippen LogP) is 1.71. The summed E-state index contributed by atoms with van der Waals surface area (Å²) in [5.74, 6) is -0.725. The number of hydrogen-bond acceptors (Lipinski definition) is 3. The van der Waals surface area contributed by atoms with E-state index in [0.29, 0.717) is 6.54 Å². The molecule has 0 atom stereocenters. The van der Waals surface area contributed by atoms with Crippen LogP contribution in [0.2, 0.25) is 0 Å². The summed E-state index contributed by atoms with van der Waals surface area (Å²) in [6.07, 6.45) is 8.19. The summed E-state index contributed by atoms with van der Waals surface area (Å²) in [5, 5.41) is 11.6. The van der Waals surface area contributed by atoms with E-state index < -0.39 is 5.97 Å². The number of hydrogen-bond donors (Lipinski definition) is 2. The van der Waals surface area contributed by atoms with E-state index in [4.69, 9.17) is 5.11 Å². The third kappa shape index (κ3) is 6.64. The molecule has 17 heavy (non-hydrogen) atoms. The first-order chi connectivity index (χ1) is 8.20. The van der Waals surface area contributed by atoms with Crippen LogP contribution in [0.1, 0.15) is 44.9 Å². The summed E-state index contributed by atoms with van der Waals surface area (Å²) in [4.78, 5) is 12.8. The molecule has 2 N–H and O–H groups in total. The zero-order chi connectivity index (χ0) is 12.5. The van der Waals surface area contributed by atoms with Crippen LogP contribution < -0.4 is 5.32 Å². The highest BCUT2D eigenvalue weighted by atomic mass is 16.4. The molecule has 0 aromatic carbocycles. The highest BCUT2D eigenvalue weighted by molar-refractivity contribution is 5.66. The summed E-state index contributed by atoms with van der Waals surface area (Å²) in [6.45, 7) is 2.62. The zero-order valence-corrected chi connectivity index (χ0v) is 11.0. The quantitative estimate of drug-likeness (QED) is 0.636. The first-order valence-electron chi connectivity index (χ1n) is 6.83. The zero-order valence-electron chi connectivity index (χ0n) is 11.0. The van der Waals surface area contributed by atoms with E-state index in [2.05, 4.69) is 17.3 Å². The van der Waals surface area contributed by atoms with Crippen LogP contribution in [0.25, 0.3) is 0 Å². The fraction of sp³-hybridized carbons (Fsp3) is 0.923. The van der Waals surface area contributed by atoms with Gasteiger partial charge in [0.2, 0.25) is 0 Å². The summed E-state index contributed by atoms with van der Waals surface area (Å²) in [6, 6.07) is 0.780. The van der Waals surface area contributed by atoms with Crippen molar-refractivity contribution in [3.05, 3.63) is 0 Å². The van der Waals surface area contributed by atoms with Gasteiger partial charge in [0.25, 0.3) is 0 Å². The molecule has 0 radical (unpaired) electrons. The molecule has 1 aliphatic carbocycles. The maximum atomic E-state index is 10.3. The molecule has 0 heterocycles. The Hall–Kier alpha value is -0.610. The molecule has 100 valence electrons. The Bertz CT molecular complexity index is 215. The molecule has 0 amide bonds. The van der Waals surface area contributed by atoms with E-state index in [1.54, 1.807) is 0 Å². The van der Waals surface area contributed by atoms with Crippen molar-refractivity contribution in [2.45, 2.75) is 51.0 Å². The minimum Gasteiger partial charge on any atom is -0.481 e. The van der Waals surface area contributed by atoms with Gasteiger partial charge in [0.1, 0.15) is 0 Å². The predicted molar refractivity (Wildman–Crippen MR) is 69.2 cm³/mol. The molecule has 0 unspecified atom stereocenters. The van der Waals surface area contributed by atoms with Crippen molar-refractivity contribution in [2.75, 3.05) is 26.7 Å². The third-order valence-corrected chi connectivity index (χ3v) is 3.58. The van der Waals surface area contributed by atoms with Crippen LogP contribution in [0.15, 0.2) is 0 Å². The molecular formula is C13H26N2O2. The fourth-order valence-electron chi connectivity index (χ4n) is 2.48. The molecule has 1 fully saturated rings. The molecule has 0 spiro atoms. The van der Waals surface area contributed by atoms with Gasteiger partial charge in [-0.2, -0.15) is 0 Å². The minimum absolute atomic E-state index is 0.221. The monoisotopic (exact) mass is 242 g/mol. The number of carboxylic acid groups (broad SMARTS) is 1. The van der Waals surface area contributed by atoms with Crippen molar-refractivity contribution in [1.29, 1.82) is 0 Å². The van der Waals surface area contributed by atoms with E-state index in [9.17, 15) is 4.79 Å². The summed E-state index contributed by atoms with van der Waals surface area (Å²) in [7, 11) is 2.22. The minimum atomic E-state index is -0.725. The largest absolute Gasteiger partial charge is 0.481 e. The van der Waals surface area contributed by atoms with E-state index in [0.717, 1.165) is 25.6 Å². The number of aliphatic carboxylic acids is 1. The first-order valence-corrected chi connectivity index (χ1v) is 6.83. The van der Waals surface area contributed by atoms with Crippen LogP contribution in [0, 0.1) is 0 Å². The van der Waals surface area contributed by atoms with Gasteiger partial charge in [0.15, 0.2) is 0 Å². The molecule has 1 saturated carbocycles. The smallest absolute Gasteiger partial charge is 0.304 e. The Labute approximate surface area is 104 Å². The Morgan fingerprint density at radius 1 is 1.29 bits per heavy atom. The first kappa shape index (κ1) is 14.5. The van der Waals surface area contributed by atoms with Crippen molar-refractivity contribution in [3.8, 4) is 0 Å². The van der Waals surface area contributed by atoms with Gasteiger partial charge in [0, 0.05) is 12.6 Å². The van der Waals surface area contributed by atoms with Crippen LogP contribution in [0.5, 0.6) is 0 Å². The van der Waals surface area contributed by atoms with Gasteiger partial charge < -0.3 is 15.3 Å². The highest BCUT2D eigenvalue weighted by Gasteiger charge is 2.16. The molecule has 0 saturated heterocycles. The lowest BCUT2D eigenvalue weighted by Crippen LogP contribution is -2.35. The fourth-order valence-corrected chi connectivity index (χ4v) is 2.48. The Morgan fingerprint density at radius 3 is 2.65 bits per heavy atom. The number of nitrogens with one attached hydrogen (secondary N) is 1. The number of rotatable bonds is 8. The number of carboxylic acids is 1. The van der Waals surface area contributed by atoms with Crippen molar-refractivity contribution in [2.24, 2.45) is 0 Å². The molecular weight excluding hydrogens is 216 g/mol. The molecule has 0 aliphatic heterocycles. The lowest BCUT2D eigenvalue weighted by molar-refractivity contribution is -0.136. The average Bonchev–Trinajstić information content (AvgIpc) is 2.34. The number of carbonyl (C=O) groups is 1. The second-order valence-corrected chi connectivity index (χ2v) is 5.02. The Kier molecular flexibility index (Phi) is 7.21. The lowest BCUT2D eigenvalue weighted by Gasteiger charge is -2.31. The third-order valence-electron chi connectivity index (χ3n) is 3.58. The second kappa shape index (κ2) is 8.48. The molecule has 1 rings (SSSR count). The van der Waals surface area contributed by atoms with Gasteiger partial charge in [-0.1, -0.05) is 19.3 Å². The highest BCUT2D eigenvalue weighted by Crippen LogP contribution is 2.21.